The van der Waals surface area contributed by atoms with Gasteiger partial charge in [0.1, 0.15) is 0 Å². The van der Waals surface area contributed by atoms with Gasteiger partial charge in [-0.3, -0.25) is 4.18 Å². The van der Waals surface area contributed by atoms with Gasteiger partial charge in [-0.15, -0.1) is 0 Å². The first-order valence-electron chi connectivity index (χ1n) is 3.19. The van der Waals surface area contributed by atoms with Crippen molar-refractivity contribution in [3.05, 3.63) is 0 Å². The molecule has 0 aliphatic heterocycles. The number of unbranched alkanes of at least 4 members (excludes halogenated alkanes) is 1. The molecule has 0 saturated carbocycles. The molecule has 0 atom stereocenters. The van der Waals surface area contributed by atoms with Crippen molar-refractivity contribution in [2.24, 2.45) is 0 Å². The Kier molecular flexibility index (Phi) is 4.73. The van der Waals surface area contributed by atoms with Crippen LogP contribution in [0.2, 0.25) is 0 Å². The Labute approximate surface area is 63.3 Å². The Bertz CT molecular complexity index is 164. The van der Waals surface area contributed by atoms with Gasteiger partial charge in [0.15, 0.2) is 0 Å². The lowest BCUT2D eigenvalue weighted by Crippen LogP contribution is -2.10. The van der Waals surface area contributed by atoms with E-state index in [-0.39, 0.29) is 6.61 Å². The predicted molar refractivity (Wildman–Crippen MR) is 40.4 cm³/mol. The van der Waals surface area contributed by atoms with Gasteiger partial charge >= 0.3 is 0 Å². The molecule has 0 amide bonds. The van der Waals surface area contributed by atoms with E-state index in [1.54, 1.807) is 0 Å². The summed E-state index contributed by atoms with van der Waals surface area (Å²) < 4.78 is 25.5. The third kappa shape index (κ3) is 4.82. The minimum Gasteiger partial charge on any atom is -0.271 e. The molecule has 0 heterocycles. The Morgan fingerprint density at radius 2 is 2.10 bits per heavy atom. The molecule has 0 rings (SSSR count). The summed E-state index contributed by atoms with van der Waals surface area (Å²) in [6, 6.07) is 0. The van der Waals surface area contributed by atoms with Crippen molar-refractivity contribution in [3.8, 4) is 0 Å². The largest absolute Gasteiger partial charge is 0.271 e. The first-order chi connectivity index (χ1) is 4.62. The van der Waals surface area contributed by atoms with Gasteiger partial charge in [0.05, 0.1) is 14.5 Å². The van der Waals surface area contributed by atoms with Crippen LogP contribution in [0.1, 0.15) is 19.8 Å². The van der Waals surface area contributed by atoms with E-state index in [4.69, 9.17) is 7.85 Å². The number of hydrogen-bond donors (Lipinski definition) is 0. The number of hydrogen-bond acceptors (Lipinski definition) is 3. The molecule has 3 nitrogen and oxygen atoms in total. The minimum absolute atomic E-state index is 0.246. The molecule has 0 unspecified atom stereocenters. The van der Waals surface area contributed by atoms with Crippen LogP contribution in [-0.2, 0) is 14.3 Å². The summed E-state index contributed by atoms with van der Waals surface area (Å²) in [5, 5.41) is 0. The van der Waals surface area contributed by atoms with Crippen LogP contribution in [0.3, 0.4) is 0 Å². The van der Waals surface area contributed by atoms with Gasteiger partial charge in [-0.2, -0.15) is 0 Å². The van der Waals surface area contributed by atoms with Gasteiger partial charge in [-0.1, -0.05) is 13.3 Å². The molecule has 0 aliphatic rings. The van der Waals surface area contributed by atoms with E-state index in [1.165, 1.54) is 0 Å². The van der Waals surface area contributed by atoms with Gasteiger partial charge in [0, 0.05) is 5.65 Å². The topological polar surface area (TPSA) is 43.4 Å². The van der Waals surface area contributed by atoms with Crippen molar-refractivity contribution in [1.82, 2.24) is 0 Å². The third-order valence-electron chi connectivity index (χ3n) is 0.965. The summed E-state index contributed by atoms with van der Waals surface area (Å²) in [4.78, 5) is 0. The maximum Gasteiger partial charge on any atom is 0.258 e. The average molecular weight is 162 g/mol. The molecule has 0 aromatic carbocycles. The second-order valence-electron chi connectivity index (χ2n) is 1.90. The zero-order valence-electron chi connectivity index (χ0n) is 6.04. The molecule has 0 bridgehead atoms. The Balaban J connectivity index is 3.49. The summed E-state index contributed by atoms with van der Waals surface area (Å²) in [5.74, 6) is 0. The molecule has 2 radical (unpaired) electrons. The zero-order chi connectivity index (χ0) is 8.04. The van der Waals surface area contributed by atoms with Crippen LogP contribution in [0.15, 0.2) is 0 Å². The molecular weight excluding hydrogens is 151 g/mol. The first-order valence-corrected chi connectivity index (χ1v) is 4.77. The highest BCUT2D eigenvalue weighted by Gasteiger charge is 2.04. The van der Waals surface area contributed by atoms with Crippen LogP contribution in [0.4, 0.5) is 0 Å². The van der Waals surface area contributed by atoms with Crippen molar-refractivity contribution in [2.75, 3.05) is 12.3 Å². The lowest BCUT2D eigenvalue weighted by molar-refractivity contribution is 0.313. The van der Waals surface area contributed by atoms with Crippen molar-refractivity contribution < 1.29 is 12.6 Å². The van der Waals surface area contributed by atoms with Crippen LogP contribution in [0.25, 0.3) is 0 Å². The summed E-state index contributed by atoms with van der Waals surface area (Å²) in [5.41, 5.74) is -0.434. The predicted octanol–water partition coefficient (Wildman–Crippen LogP) is 0.259. The van der Waals surface area contributed by atoms with Crippen LogP contribution in [0.5, 0.6) is 0 Å². The Morgan fingerprint density at radius 3 is 2.50 bits per heavy atom. The second kappa shape index (κ2) is 4.74. The zero-order valence-corrected chi connectivity index (χ0v) is 6.86. The van der Waals surface area contributed by atoms with Gasteiger partial charge in [-0.25, -0.2) is 8.42 Å². The van der Waals surface area contributed by atoms with Crippen molar-refractivity contribution in [3.63, 3.8) is 0 Å². The fraction of sp³-hybridized carbons (Fsp3) is 1.00. The van der Waals surface area contributed by atoms with Crippen molar-refractivity contribution in [1.29, 1.82) is 0 Å². The summed E-state index contributed by atoms with van der Waals surface area (Å²) in [6.07, 6.45) is 1.67. The lowest BCUT2D eigenvalue weighted by Gasteiger charge is -2.00. The molecular formula is C5H11BO3S. The normalized spacial score (nSPS) is 11.7. The average Bonchev–Trinajstić information content (AvgIpc) is 1.89. The Morgan fingerprint density at radius 1 is 1.50 bits per heavy atom. The summed E-state index contributed by atoms with van der Waals surface area (Å²) in [6.45, 7) is 2.20. The fourth-order valence-electron chi connectivity index (χ4n) is 0.378. The molecule has 5 heteroatoms. The smallest absolute Gasteiger partial charge is 0.258 e. The molecule has 58 valence electrons. The monoisotopic (exact) mass is 162 g/mol. The molecule has 0 aromatic heterocycles. The highest BCUT2D eigenvalue weighted by Crippen LogP contribution is 1.94. The minimum atomic E-state index is -3.41. The lowest BCUT2D eigenvalue weighted by atomic mass is 10.2. The molecule has 0 aliphatic carbocycles. The van der Waals surface area contributed by atoms with E-state index in [2.05, 4.69) is 4.18 Å². The highest BCUT2D eigenvalue weighted by molar-refractivity contribution is 7.87. The van der Waals surface area contributed by atoms with E-state index >= 15 is 0 Å². The highest BCUT2D eigenvalue weighted by atomic mass is 32.2. The standard InChI is InChI=1S/C5H11BO3S/c1-2-3-4-9-10(7,8)5-6/h2-5H2,1H3. The summed E-state index contributed by atoms with van der Waals surface area (Å²) in [7, 11) is 1.46. The molecule has 0 fully saturated rings. The molecule has 0 spiro atoms. The van der Waals surface area contributed by atoms with Gasteiger partial charge in [-0.05, 0) is 6.42 Å². The van der Waals surface area contributed by atoms with Crippen molar-refractivity contribution >= 4 is 18.0 Å². The van der Waals surface area contributed by atoms with Gasteiger partial charge < -0.3 is 0 Å². The Hall–Kier alpha value is -0.0251. The maximum atomic E-state index is 10.5. The van der Waals surface area contributed by atoms with Gasteiger partial charge in [0.25, 0.3) is 10.1 Å². The van der Waals surface area contributed by atoms with Gasteiger partial charge in [0.2, 0.25) is 0 Å². The molecule has 0 aromatic rings. The summed E-state index contributed by atoms with van der Waals surface area (Å²) >= 11 is 0. The van der Waals surface area contributed by atoms with Crippen LogP contribution >= 0.6 is 0 Å². The first kappa shape index (κ1) is 9.97. The van der Waals surface area contributed by atoms with Crippen molar-refractivity contribution in [2.45, 2.75) is 19.8 Å². The second-order valence-corrected chi connectivity index (χ2v) is 3.58. The van der Waals surface area contributed by atoms with E-state index in [0.29, 0.717) is 0 Å². The van der Waals surface area contributed by atoms with Crippen LogP contribution in [-0.4, -0.2) is 28.5 Å². The molecule has 0 saturated heterocycles. The van der Waals surface area contributed by atoms with Crippen LogP contribution < -0.4 is 0 Å². The van der Waals surface area contributed by atoms with E-state index in [1.807, 2.05) is 6.92 Å². The molecule has 0 N–H and O–H groups in total. The van der Waals surface area contributed by atoms with E-state index in [9.17, 15) is 8.42 Å². The third-order valence-corrected chi connectivity index (χ3v) is 1.90. The number of rotatable bonds is 5. The van der Waals surface area contributed by atoms with E-state index < -0.39 is 15.8 Å². The fourth-order valence-corrected chi connectivity index (χ4v) is 0.846. The maximum absolute atomic E-state index is 10.5. The molecule has 10 heavy (non-hydrogen) atoms. The quantitative estimate of drug-likeness (QED) is 0.330. The van der Waals surface area contributed by atoms with Crippen LogP contribution in [0, 0.1) is 0 Å². The SMILES string of the molecule is [B]CS(=O)(=O)OCCCC. The van der Waals surface area contributed by atoms with E-state index in [0.717, 1.165) is 12.8 Å².